The number of esters is 2. The Bertz CT molecular complexity index is 1000. The van der Waals surface area contributed by atoms with E-state index in [4.69, 9.17) is 9.47 Å². The zero-order valence-corrected chi connectivity index (χ0v) is 24.4. The van der Waals surface area contributed by atoms with Crippen LogP contribution in [0, 0.1) is 46.3 Å². The van der Waals surface area contributed by atoms with Crippen molar-refractivity contribution in [2.45, 2.75) is 110 Å². The highest BCUT2D eigenvalue weighted by Gasteiger charge is 2.75. The summed E-state index contributed by atoms with van der Waals surface area (Å²) in [6.45, 7) is 9.93. The SMILES string of the molecule is COC(=O)/C=C/C(=O)O[C@H]1CC[C@@]23COC(C(=O)[C@@]2(O)C1)[C@H]1[C@@H]2CC[C@H]([C@H](C)CCCC(C)C)[C@@]2(C)CC[C@@H]13. The number of Topliss-reactive ketones (excluding diaryl/α,β-unsaturated/α-hetero) is 1. The lowest BCUT2D eigenvalue weighted by Crippen LogP contribution is -2.78. The average Bonchev–Trinajstić information content (AvgIpc) is 3.25. The minimum atomic E-state index is -1.54. The summed E-state index contributed by atoms with van der Waals surface area (Å²) in [6, 6.07) is 0. The van der Waals surface area contributed by atoms with Gasteiger partial charge in [-0.25, -0.2) is 9.59 Å². The number of aliphatic hydroxyl groups is 1. The molecule has 6 fully saturated rings. The average molecular weight is 545 g/mol. The Labute approximate surface area is 233 Å². The van der Waals surface area contributed by atoms with Crippen molar-refractivity contribution in [3.8, 4) is 0 Å². The first kappa shape index (κ1) is 28.8. The van der Waals surface area contributed by atoms with E-state index in [9.17, 15) is 19.5 Å². The molecule has 7 heteroatoms. The van der Waals surface area contributed by atoms with Crippen LogP contribution in [-0.4, -0.2) is 54.4 Å². The van der Waals surface area contributed by atoms with Gasteiger partial charge in [-0.3, -0.25) is 4.79 Å². The fraction of sp³-hybridized carbons (Fsp3) is 0.844. The molecule has 0 aromatic carbocycles. The van der Waals surface area contributed by atoms with E-state index in [1.54, 1.807) is 0 Å². The van der Waals surface area contributed by atoms with E-state index in [1.165, 1.54) is 32.8 Å². The van der Waals surface area contributed by atoms with Crippen molar-refractivity contribution in [3.63, 3.8) is 0 Å². The van der Waals surface area contributed by atoms with Gasteiger partial charge in [0.2, 0.25) is 0 Å². The second-order valence-corrected chi connectivity index (χ2v) is 14.1. The molecule has 218 valence electrons. The Morgan fingerprint density at radius 2 is 1.79 bits per heavy atom. The van der Waals surface area contributed by atoms with Crippen molar-refractivity contribution in [1.29, 1.82) is 0 Å². The number of fused-ring (bicyclic) bond motifs is 2. The summed E-state index contributed by atoms with van der Waals surface area (Å²) in [7, 11) is 1.24. The predicted octanol–water partition coefficient (Wildman–Crippen LogP) is 5.03. The molecule has 2 heterocycles. The zero-order chi connectivity index (χ0) is 28.2. The molecule has 4 saturated carbocycles. The molecule has 0 aromatic rings. The van der Waals surface area contributed by atoms with Gasteiger partial charge in [0.05, 0.1) is 13.7 Å². The van der Waals surface area contributed by atoms with E-state index in [1.807, 2.05) is 0 Å². The molecule has 1 N–H and O–H groups in total. The number of ether oxygens (including phenoxy) is 3. The maximum absolute atomic E-state index is 14.0. The highest BCUT2D eigenvalue weighted by Crippen LogP contribution is 2.71. The standard InChI is InChI=1S/C32H48O7/c1-19(2)7-6-8-20(3)22-9-10-23-27-24(14-15-30(22,23)4)31-16-13-21(39-26(34)12-11-25(33)37-5)17-32(31,36)29(35)28(27)38-18-31/h11-12,19-24,27-28,36H,6-10,13-18H2,1-5H3/b12-11+/t20-,21+,22-,23+,24+,27+,28?,30-,31+,32+/m1/s1. The molecular formula is C32H48O7. The molecular weight excluding hydrogens is 496 g/mol. The van der Waals surface area contributed by atoms with Crippen LogP contribution >= 0.6 is 0 Å². The summed E-state index contributed by atoms with van der Waals surface area (Å²) in [5.74, 6) is 1.47. The highest BCUT2D eigenvalue weighted by molar-refractivity contribution is 5.95. The molecule has 6 rings (SSSR count). The summed E-state index contributed by atoms with van der Waals surface area (Å²) in [6.07, 6.45) is 10.6. The van der Waals surface area contributed by atoms with Crippen molar-refractivity contribution in [2.24, 2.45) is 46.3 Å². The third-order valence-electron chi connectivity index (χ3n) is 11.9. The van der Waals surface area contributed by atoms with Crippen LogP contribution in [0.2, 0.25) is 0 Å². The van der Waals surface area contributed by atoms with Crippen molar-refractivity contribution < 1.29 is 33.7 Å². The lowest BCUT2D eigenvalue weighted by Gasteiger charge is -2.68. The second-order valence-electron chi connectivity index (χ2n) is 14.1. The van der Waals surface area contributed by atoms with Crippen LogP contribution in [0.4, 0.5) is 0 Å². The van der Waals surface area contributed by atoms with Crippen LogP contribution in [0.25, 0.3) is 0 Å². The van der Waals surface area contributed by atoms with Crippen molar-refractivity contribution in [1.82, 2.24) is 0 Å². The first-order valence-electron chi connectivity index (χ1n) is 15.3. The Kier molecular flexibility index (Phi) is 7.82. The van der Waals surface area contributed by atoms with E-state index in [2.05, 4.69) is 32.4 Å². The minimum Gasteiger partial charge on any atom is -0.466 e. The summed E-state index contributed by atoms with van der Waals surface area (Å²) >= 11 is 0. The maximum atomic E-state index is 14.0. The molecule has 0 aromatic heterocycles. The molecule has 2 bridgehead atoms. The van der Waals surface area contributed by atoms with Crippen LogP contribution in [0.15, 0.2) is 12.2 Å². The highest BCUT2D eigenvalue weighted by atomic mass is 16.5. The normalized spacial score (nSPS) is 43.6. The van der Waals surface area contributed by atoms with Crippen molar-refractivity contribution >= 4 is 17.7 Å². The fourth-order valence-corrected chi connectivity index (χ4v) is 10.0. The van der Waals surface area contributed by atoms with Gasteiger partial charge >= 0.3 is 11.9 Å². The van der Waals surface area contributed by atoms with Gasteiger partial charge in [0.15, 0.2) is 5.78 Å². The van der Waals surface area contributed by atoms with E-state index < -0.39 is 35.2 Å². The third-order valence-corrected chi connectivity index (χ3v) is 11.9. The first-order valence-corrected chi connectivity index (χ1v) is 15.3. The Morgan fingerprint density at radius 3 is 2.51 bits per heavy atom. The lowest BCUT2D eigenvalue weighted by molar-refractivity contribution is -0.296. The van der Waals surface area contributed by atoms with Crippen molar-refractivity contribution in [2.75, 3.05) is 13.7 Å². The molecule has 1 unspecified atom stereocenters. The minimum absolute atomic E-state index is 0.101. The van der Waals surface area contributed by atoms with Gasteiger partial charge in [-0.05, 0) is 79.4 Å². The smallest absolute Gasteiger partial charge is 0.331 e. The number of rotatable bonds is 8. The molecule has 6 aliphatic rings. The molecule has 1 spiro atoms. The van der Waals surface area contributed by atoms with Gasteiger partial charge in [-0.1, -0.05) is 47.0 Å². The number of carbonyl (C=O) groups excluding carboxylic acids is 3. The summed E-state index contributed by atoms with van der Waals surface area (Å²) in [4.78, 5) is 37.6. The van der Waals surface area contributed by atoms with Crippen molar-refractivity contribution in [3.05, 3.63) is 12.2 Å². The molecule has 0 radical (unpaired) electrons. The van der Waals surface area contributed by atoms with Crippen LogP contribution < -0.4 is 0 Å². The number of hydrogen-bond acceptors (Lipinski definition) is 7. The van der Waals surface area contributed by atoms with Gasteiger partial charge in [-0.2, -0.15) is 0 Å². The quantitative estimate of drug-likeness (QED) is 0.338. The largest absolute Gasteiger partial charge is 0.466 e. The molecule has 2 saturated heterocycles. The summed E-state index contributed by atoms with van der Waals surface area (Å²) < 4.78 is 16.4. The second kappa shape index (κ2) is 10.6. The summed E-state index contributed by atoms with van der Waals surface area (Å²) in [5.41, 5.74) is -1.94. The molecule has 0 amide bonds. The van der Waals surface area contributed by atoms with Crippen LogP contribution in [-0.2, 0) is 28.6 Å². The number of methoxy groups -OCH3 is 1. The van der Waals surface area contributed by atoms with Gasteiger partial charge in [0, 0.05) is 24.0 Å². The first-order chi connectivity index (χ1) is 18.5. The number of hydrogen-bond donors (Lipinski definition) is 1. The van der Waals surface area contributed by atoms with Gasteiger partial charge in [-0.15, -0.1) is 0 Å². The predicted molar refractivity (Wildman–Crippen MR) is 145 cm³/mol. The van der Waals surface area contributed by atoms with Crippen LogP contribution in [0.5, 0.6) is 0 Å². The zero-order valence-electron chi connectivity index (χ0n) is 24.4. The lowest BCUT2D eigenvalue weighted by atomic mass is 9.40. The molecule has 39 heavy (non-hydrogen) atoms. The summed E-state index contributed by atoms with van der Waals surface area (Å²) in [5, 5.41) is 12.1. The monoisotopic (exact) mass is 544 g/mol. The van der Waals surface area contributed by atoms with E-state index in [-0.39, 0.29) is 29.5 Å². The van der Waals surface area contributed by atoms with Gasteiger partial charge in [0.25, 0.3) is 0 Å². The topological polar surface area (TPSA) is 99.1 Å². The van der Waals surface area contributed by atoms with E-state index in [0.717, 1.165) is 37.3 Å². The molecule has 4 aliphatic carbocycles. The number of carbonyl (C=O) groups is 3. The molecule has 2 aliphatic heterocycles. The Morgan fingerprint density at radius 1 is 1.05 bits per heavy atom. The third kappa shape index (κ3) is 4.60. The fourth-order valence-electron chi connectivity index (χ4n) is 10.0. The van der Waals surface area contributed by atoms with E-state index >= 15 is 0 Å². The van der Waals surface area contributed by atoms with Gasteiger partial charge in [0.1, 0.15) is 17.8 Å². The molecule has 7 nitrogen and oxygen atoms in total. The van der Waals surface area contributed by atoms with E-state index in [0.29, 0.717) is 37.2 Å². The Hall–Kier alpha value is -1.73. The van der Waals surface area contributed by atoms with Gasteiger partial charge < -0.3 is 19.3 Å². The van der Waals surface area contributed by atoms with Crippen LogP contribution in [0.3, 0.4) is 0 Å². The maximum Gasteiger partial charge on any atom is 0.331 e. The Balaban J connectivity index is 1.32. The van der Waals surface area contributed by atoms with Crippen LogP contribution in [0.1, 0.15) is 91.9 Å². The molecule has 10 atom stereocenters. The number of ketones is 1.